The molecule has 0 aliphatic carbocycles. The molecular weight excluding hydrogens is 375 g/mol. The minimum atomic E-state index is -1.41. The summed E-state index contributed by atoms with van der Waals surface area (Å²) in [6.45, 7) is 2.06. The number of carboxylic acids is 2. The molecule has 4 N–H and O–H groups in total. The maximum absolute atomic E-state index is 10.7. The summed E-state index contributed by atoms with van der Waals surface area (Å²) >= 11 is 0. The third kappa shape index (κ3) is 16.3. The van der Waals surface area contributed by atoms with Crippen LogP contribution in [-0.2, 0) is 9.59 Å². The van der Waals surface area contributed by atoms with E-state index in [1.165, 1.54) is 12.2 Å². The Kier molecular flexibility index (Phi) is 19.3. The standard InChI is InChI=1S/C20H34O7.Na/c1-2-3-6-9-15(21)12-13-17(22)16(18(23)14-20(26)27)10-7-4-5-8-11-19(24)25;/h4,7,12-13,15-18,21-23H,2-3,5-6,8-11,14H2,1H3,(H,24,25)(H,26,27);/q;+1/p-1/b7-4-,13-12+;/t15-,16-,17+,18+;/m1./s1. The van der Waals surface area contributed by atoms with E-state index in [9.17, 15) is 30.0 Å². The zero-order valence-electron chi connectivity index (χ0n) is 17.0. The normalized spacial score (nSPS) is 15.9. The molecule has 0 aliphatic heterocycles. The van der Waals surface area contributed by atoms with Gasteiger partial charge in [0.15, 0.2) is 0 Å². The van der Waals surface area contributed by atoms with E-state index in [4.69, 9.17) is 5.11 Å². The molecule has 4 atom stereocenters. The van der Waals surface area contributed by atoms with E-state index in [1.54, 1.807) is 12.2 Å². The van der Waals surface area contributed by atoms with Gasteiger partial charge >= 0.3 is 35.5 Å². The molecule has 0 fully saturated rings. The molecule has 0 bridgehead atoms. The molecule has 0 rings (SSSR count). The van der Waals surface area contributed by atoms with Crippen LogP contribution in [0.1, 0.15) is 64.7 Å². The fraction of sp³-hybridized carbons (Fsp3) is 0.700. The van der Waals surface area contributed by atoms with Crippen LogP contribution in [-0.4, -0.2) is 50.7 Å². The quantitative estimate of drug-likeness (QED) is 0.134. The Morgan fingerprint density at radius 1 is 1.04 bits per heavy atom. The smallest absolute Gasteiger partial charge is 0.550 e. The Morgan fingerprint density at radius 2 is 1.71 bits per heavy atom. The Bertz CT molecular complexity index is 479. The fourth-order valence-electron chi connectivity index (χ4n) is 2.67. The number of carbonyl (C=O) groups excluding carboxylic acids is 1. The van der Waals surface area contributed by atoms with Gasteiger partial charge in [-0.15, -0.1) is 0 Å². The van der Waals surface area contributed by atoms with E-state index in [1.807, 2.05) is 0 Å². The van der Waals surface area contributed by atoms with Crippen LogP contribution < -0.4 is 34.7 Å². The minimum Gasteiger partial charge on any atom is -0.550 e. The first-order valence-corrected chi connectivity index (χ1v) is 9.57. The number of carbonyl (C=O) groups is 2. The number of hydrogen-bond donors (Lipinski definition) is 4. The average Bonchev–Trinajstić information content (AvgIpc) is 2.58. The number of aliphatic carboxylic acids is 2. The van der Waals surface area contributed by atoms with Crippen molar-refractivity contribution in [2.24, 2.45) is 5.92 Å². The summed E-state index contributed by atoms with van der Waals surface area (Å²) in [5.74, 6) is -3.05. The number of hydrogen-bond acceptors (Lipinski definition) is 6. The summed E-state index contributed by atoms with van der Waals surface area (Å²) in [6, 6.07) is 0. The molecule has 8 heteroatoms. The van der Waals surface area contributed by atoms with Crippen LogP contribution in [0.15, 0.2) is 24.3 Å². The SMILES string of the molecule is CCCCC[C@@H](O)/C=C/[C@H](O)[C@@H](C/C=C\CCCC(=O)O)[C@@H](O)CC(=O)[O-].[Na+]. The zero-order chi connectivity index (χ0) is 20.7. The van der Waals surface area contributed by atoms with Gasteiger partial charge in [-0.25, -0.2) is 0 Å². The van der Waals surface area contributed by atoms with Crippen LogP contribution in [0.5, 0.6) is 0 Å². The first-order valence-electron chi connectivity index (χ1n) is 9.57. The molecule has 0 aromatic carbocycles. The van der Waals surface area contributed by atoms with Gasteiger partial charge in [0.25, 0.3) is 0 Å². The average molecular weight is 408 g/mol. The molecule has 0 saturated heterocycles. The summed E-state index contributed by atoms with van der Waals surface area (Å²) in [7, 11) is 0. The van der Waals surface area contributed by atoms with Gasteiger partial charge in [-0.05, 0) is 25.7 Å². The molecule has 28 heavy (non-hydrogen) atoms. The molecule has 0 spiro atoms. The van der Waals surface area contributed by atoms with Crippen LogP contribution in [0, 0.1) is 5.92 Å². The number of carboxylic acid groups (broad SMARTS) is 2. The molecule has 7 nitrogen and oxygen atoms in total. The third-order valence-corrected chi connectivity index (χ3v) is 4.28. The Hall–Kier alpha value is -0.700. The van der Waals surface area contributed by atoms with E-state index in [0.717, 1.165) is 19.3 Å². The Morgan fingerprint density at radius 3 is 2.29 bits per heavy atom. The summed E-state index contributed by atoms with van der Waals surface area (Å²) in [5, 5.41) is 49.6. The number of rotatable bonds is 16. The molecule has 0 aromatic heterocycles. The first kappa shape index (κ1) is 29.5. The van der Waals surface area contributed by atoms with E-state index in [0.29, 0.717) is 19.3 Å². The van der Waals surface area contributed by atoms with Crippen LogP contribution in [0.2, 0.25) is 0 Å². The van der Waals surface area contributed by atoms with Crippen molar-refractivity contribution in [3.63, 3.8) is 0 Å². The number of unbranched alkanes of at least 4 members (excludes halogenated alkanes) is 3. The van der Waals surface area contributed by atoms with Crippen LogP contribution >= 0.6 is 0 Å². The van der Waals surface area contributed by atoms with Gasteiger partial charge in [-0.3, -0.25) is 4.79 Å². The molecule has 0 amide bonds. The molecule has 0 radical (unpaired) electrons. The van der Waals surface area contributed by atoms with Gasteiger partial charge in [-0.1, -0.05) is 50.5 Å². The van der Waals surface area contributed by atoms with E-state index < -0.39 is 42.6 Å². The fourth-order valence-corrected chi connectivity index (χ4v) is 2.67. The summed E-state index contributed by atoms with van der Waals surface area (Å²) < 4.78 is 0. The van der Waals surface area contributed by atoms with Gasteiger partial charge in [0, 0.05) is 24.7 Å². The Labute approximate surface area is 189 Å². The van der Waals surface area contributed by atoms with E-state index in [2.05, 4.69) is 6.92 Å². The Balaban J connectivity index is 0. The molecular formula is C20H33NaO7. The summed E-state index contributed by atoms with van der Waals surface area (Å²) in [6.07, 6.45) is 7.37. The zero-order valence-corrected chi connectivity index (χ0v) is 19.0. The largest absolute Gasteiger partial charge is 1.00 e. The summed E-state index contributed by atoms with van der Waals surface area (Å²) in [5.41, 5.74) is 0. The van der Waals surface area contributed by atoms with Gasteiger partial charge < -0.3 is 30.3 Å². The topological polar surface area (TPSA) is 138 Å². The van der Waals surface area contributed by atoms with E-state index >= 15 is 0 Å². The third-order valence-electron chi connectivity index (χ3n) is 4.28. The second-order valence-corrected chi connectivity index (χ2v) is 6.74. The van der Waals surface area contributed by atoms with Crippen molar-refractivity contribution in [2.45, 2.75) is 83.0 Å². The van der Waals surface area contributed by atoms with Crippen molar-refractivity contribution in [3.05, 3.63) is 24.3 Å². The van der Waals surface area contributed by atoms with Crippen molar-refractivity contribution in [3.8, 4) is 0 Å². The van der Waals surface area contributed by atoms with Gasteiger partial charge in [-0.2, -0.15) is 0 Å². The van der Waals surface area contributed by atoms with Crippen molar-refractivity contribution >= 4 is 11.9 Å². The van der Waals surface area contributed by atoms with Crippen molar-refractivity contribution in [2.75, 3.05) is 0 Å². The molecule has 0 aliphatic rings. The maximum atomic E-state index is 10.7. The van der Waals surface area contributed by atoms with Crippen molar-refractivity contribution in [1.82, 2.24) is 0 Å². The minimum absolute atomic E-state index is 0. The predicted octanol–water partition coefficient (Wildman–Crippen LogP) is -1.83. The molecule has 0 saturated carbocycles. The molecule has 156 valence electrons. The summed E-state index contributed by atoms with van der Waals surface area (Å²) in [4.78, 5) is 21.2. The number of aliphatic hydroxyl groups is 3. The second-order valence-electron chi connectivity index (χ2n) is 6.74. The number of aliphatic hydroxyl groups excluding tert-OH is 3. The second kappa shape index (κ2) is 18.3. The van der Waals surface area contributed by atoms with Crippen LogP contribution in [0.3, 0.4) is 0 Å². The van der Waals surface area contributed by atoms with Crippen LogP contribution in [0.4, 0.5) is 0 Å². The molecule has 0 heterocycles. The van der Waals surface area contributed by atoms with Crippen molar-refractivity contribution in [1.29, 1.82) is 0 Å². The molecule has 0 aromatic rings. The van der Waals surface area contributed by atoms with E-state index in [-0.39, 0.29) is 42.4 Å². The van der Waals surface area contributed by atoms with Gasteiger partial charge in [0.05, 0.1) is 18.3 Å². The van der Waals surface area contributed by atoms with Crippen molar-refractivity contribution < 1.29 is 64.7 Å². The molecule has 0 unspecified atom stereocenters. The maximum Gasteiger partial charge on any atom is 1.00 e. The first-order chi connectivity index (χ1) is 12.8. The van der Waals surface area contributed by atoms with Gasteiger partial charge in [0.1, 0.15) is 0 Å². The number of allylic oxidation sites excluding steroid dienone is 2. The monoisotopic (exact) mass is 408 g/mol. The van der Waals surface area contributed by atoms with Crippen LogP contribution in [0.25, 0.3) is 0 Å². The van der Waals surface area contributed by atoms with Gasteiger partial charge in [0.2, 0.25) is 0 Å². The predicted molar refractivity (Wildman–Crippen MR) is 99.7 cm³/mol.